The molecule has 5 nitrogen and oxygen atoms in total. The van der Waals surface area contributed by atoms with Gasteiger partial charge in [0.1, 0.15) is 0 Å². The van der Waals surface area contributed by atoms with Crippen LogP contribution in [-0.2, 0) is 22.6 Å². The zero-order chi connectivity index (χ0) is 18.1. The third-order valence-electron chi connectivity index (χ3n) is 6.17. The summed E-state index contributed by atoms with van der Waals surface area (Å²) in [6.07, 6.45) is 4.91. The standard InChI is InChI=1S/C21H29N3O2/c1-15(20(25)22-19-6-7-19)23-11-9-17(10-12-23)21(26)24-13-8-16-4-2-3-5-18(16)14-24/h2-5,15,17,19H,6-14H2,1H3,(H,22,25). The minimum Gasteiger partial charge on any atom is -0.352 e. The highest BCUT2D eigenvalue weighted by molar-refractivity contribution is 5.82. The summed E-state index contributed by atoms with van der Waals surface area (Å²) >= 11 is 0. The van der Waals surface area contributed by atoms with Crippen LogP contribution in [0.2, 0.25) is 0 Å². The van der Waals surface area contributed by atoms with E-state index in [0.29, 0.717) is 11.9 Å². The van der Waals surface area contributed by atoms with Crippen molar-refractivity contribution in [3.63, 3.8) is 0 Å². The van der Waals surface area contributed by atoms with Gasteiger partial charge in [-0.2, -0.15) is 0 Å². The highest BCUT2D eigenvalue weighted by Crippen LogP contribution is 2.26. The first-order valence-corrected chi connectivity index (χ1v) is 10.0. The van der Waals surface area contributed by atoms with Gasteiger partial charge in [0.2, 0.25) is 11.8 Å². The molecule has 2 aliphatic heterocycles. The van der Waals surface area contributed by atoms with Crippen LogP contribution in [0.3, 0.4) is 0 Å². The van der Waals surface area contributed by atoms with Gasteiger partial charge < -0.3 is 10.2 Å². The number of likely N-dealkylation sites (tertiary alicyclic amines) is 1. The molecule has 2 heterocycles. The van der Waals surface area contributed by atoms with E-state index in [1.54, 1.807) is 0 Å². The van der Waals surface area contributed by atoms with Gasteiger partial charge in [-0.3, -0.25) is 14.5 Å². The number of amides is 2. The van der Waals surface area contributed by atoms with E-state index in [1.165, 1.54) is 11.1 Å². The lowest BCUT2D eigenvalue weighted by molar-refractivity contribution is -0.138. The zero-order valence-electron chi connectivity index (χ0n) is 15.6. The molecule has 1 unspecified atom stereocenters. The van der Waals surface area contributed by atoms with E-state index >= 15 is 0 Å². The normalized spacial score (nSPS) is 22.6. The molecule has 0 spiro atoms. The Morgan fingerprint density at radius 2 is 1.73 bits per heavy atom. The second kappa shape index (κ2) is 7.39. The minimum atomic E-state index is -0.0893. The maximum absolute atomic E-state index is 13.0. The van der Waals surface area contributed by atoms with Crippen molar-refractivity contribution >= 4 is 11.8 Å². The quantitative estimate of drug-likeness (QED) is 0.898. The van der Waals surface area contributed by atoms with E-state index in [-0.39, 0.29) is 17.9 Å². The predicted octanol–water partition coefficient (Wildman–Crippen LogP) is 1.95. The number of carbonyl (C=O) groups is 2. The number of piperidine rings is 1. The number of nitrogens with one attached hydrogen (secondary N) is 1. The molecule has 2 amide bonds. The van der Waals surface area contributed by atoms with Gasteiger partial charge in [-0.1, -0.05) is 24.3 Å². The SMILES string of the molecule is CC(C(=O)NC1CC1)N1CCC(C(=O)N2CCc3ccccc3C2)CC1. The molecular formula is C21H29N3O2. The van der Waals surface area contributed by atoms with Crippen LogP contribution in [0.25, 0.3) is 0 Å². The Bertz CT molecular complexity index is 678. The molecule has 3 aliphatic rings. The van der Waals surface area contributed by atoms with E-state index < -0.39 is 0 Å². The highest BCUT2D eigenvalue weighted by Gasteiger charge is 2.34. The van der Waals surface area contributed by atoms with Crippen LogP contribution in [0.5, 0.6) is 0 Å². The molecule has 26 heavy (non-hydrogen) atoms. The summed E-state index contributed by atoms with van der Waals surface area (Å²) in [6, 6.07) is 8.76. The Balaban J connectivity index is 1.29. The van der Waals surface area contributed by atoms with Gasteiger partial charge in [0, 0.05) is 25.0 Å². The Hall–Kier alpha value is -1.88. The van der Waals surface area contributed by atoms with E-state index in [4.69, 9.17) is 0 Å². The fourth-order valence-electron chi connectivity index (χ4n) is 4.19. The Morgan fingerprint density at radius 1 is 1.04 bits per heavy atom. The van der Waals surface area contributed by atoms with E-state index in [9.17, 15) is 9.59 Å². The maximum Gasteiger partial charge on any atom is 0.237 e. The lowest BCUT2D eigenvalue weighted by Crippen LogP contribution is -2.50. The molecule has 1 saturated heterocycles. The summed E-state index contributed by atoms with van der Waals surface area (Å²) < 4.78 is 0. The molecule has 4 rings (SSSR count). The van der Waals surface area contributed by atoms with Crippen LogP contribution < -0.4 is 5.32 Å². The molecule has 2 fully saturated rings. The molecule has 0 radical (unpaired) electrons. The van der Waals surface area contributed by atoms with Crippen molar-refractivity contribution in [2.24, 2.45) is 5.92 Å². The molecule has 5 heteroatoms. The monoisotopic (exact) mass is 355 g/mol. The molecule has 1 saturated carbocycles. The number of hydrogen-bond acceptors (Lipinski definition) is 3. The molecule has 1 aliphatic carbocycles. The molecule has 140 valence electrons. The van der Waals surface area contributed by atoms with E-state index in [2.05, 4.69) is 34.5 Å². The van der Waals surface area contributed by atoms with Crippen molar-refractivity contribution < 1.29 is 9.59 Å². The minimum absolute atomic E-state index is 0.0893. The summed E-state index contributed by atoms with van der Waals surface area (Å²) in [5.74, 6) is 0.550. The number of fused-ring (bicyclic) bond motifs is 1. The average Bonchev–Trinajstić information content (AvgIpc) is 3.50. The lowest BCUT2D eigenvalue weighted by atomic mass is 9.92. The number of rotatable bonds is 4. The van der Waals surface area contributed by atoms with Crippen molar-refractivity contribution in [1.29, 1.82) is 0 Å². The van der Waals surface area contributed by atoms with Gasteiger partial charge in [-0.05, 0) is 63.2 Å². The lowest BCUT2D eigenvalue weighted by Gasteiger charge is -2.37. The zero-order valence-corrected chi connectivity index (χ0v) is 15.6. The Morgan fingerprint density at radius 3 is 2.42 bits per heavy atom. The number of hydrogen-bond donors (Lipinski definition) is 1. The summed E-state index contributed by atoms with van der Waals surface area (Å²) in [6.45, 7) is 5.23. The van der Waals surface area contributed by atoms with Crippen LogP contribution in [0.15, 0.2) is 24.3 Å². The van der Waals surface area contributed by atoms with Crippen LogP contribution in [0.1, 0.15) is 43.7 Å². The molecule has 1 N–H and O–H groups in total. The van der Waals surface area contributed by atoms with Gasteiger partial charge in [-0.15, -0.1) is 0 Å². The van der Waals surface area contributed by atoms with E-state index in [1.807, 2.05) is 11.8 Å². The highest BCUT2D eigenvalue weighted by atomic mass is 16.2. The third kappa shape index (κ3) is 3.78. The topological polar surface area (TPSA) is 52.7 Å². The smallest absolute Gasteiger partial charge is 0.237 e. The van der Waals surface area contributed by atoms with Crippen molar-refractivity contribution in [2.75, 3.05) is 19.6 Å². The maximum atomic E-state index is 13.0. The first-order valence-electron chi connectivity index (χ1n) is 10.0. The Kier molecular flexibility index (Phi) is 4.98. The molecule has 0 bridgehead atoms. The van der Waals surface area contributed by atoms with Crippen LogP contribution in [-0.4, -0.2) is 53.3 Å². The van der Waals surface area contributed by atoms with Crippen molar-refractivity contribution in [1.82, 2.24) is 15.1 Å². The molecule has 1 aromatic carbocycles. The van der Waals surface area contributed by atoms with E-state index in [0.717, 1.165) is 58.3 Å². The summed E-state index contributed by atoms with van der Waals surface area (Å²) in [4.78, 5) is 29.5. The van der Waals surface area contributed by atoms with Crippen LogP contribution >= 0.6 is 0 Å². The first kappa shape index (κ1) is 17.5. The second-order valence-corrected chi connectivity index (χ2v) is 8.05. The third-order valence-corrected chi connectivity index (χ3v) is 6.17. The fraction of sp³-hybridized carbons (Fsp3) is 0.619. The van der Waals surface area contributed by atoms with Gasteiger partial charge in [0.15, 0.2) is 0 Å². The Labute approximate surface area is 155 Å². The fourth-order valence-corrected chi connectivity index (χ4v) is 4.19. The number of benzene rings is 1. The van der Waals surface area contributed by atoms with Gasteiger partial charge in [0.25, 0.3) is 0 Å². The number of nitrogens with zero attached hydrogens (tertiary/aromatic N) is 2. The van der Waals surface area contributed by atoms with Crippen LogP contribution in [0, 0.1) is 5.92 Å². The van der Waals surface area contributed by atoms with Crippen molar-refractivity contribution in [3.8, 4) is 0 Å². The second-order valence-electron chi connectivity index (χ2n) is 8.05. The molecule has 1 aromatic rings. The van der Waals surface area contributed by atoms with Crippen molar-refractivity contribution in [3.05, 3.63) is 35.4 Å². The molecule has 0 aromatic heterocycles. The predicted molar refractivity (Wildman–Crippen MR) is 100 cm³/mol. The number of carbonyl (C=O) groups excluding carboxylic acids is 2. The van der Waals surface area contributed by atoms with Crippen LogP contribution in [0.4, 0.5) is 0 Å². The molecule has 1 atom stereocenters. The van der Waals surface area contributed by atoms with Gasteiger partial charge >= 0.3 is 0 Å². The average molecular weight is 355 g/mol. The van der Waals surface area contributed by atoms with Gasteiger partial charge in [-0.25, -0.2) is 0 Å². The summed E-state index contributed by atoms with van der Waals surface area (Å²) in [7, 11) is 0. The molecular weight excluding hydrogens is 326 g/mol. The van der Waals surface area contributed by atoms with Crippen molar-refractivity contribution in [2.45, 2.75) is 57.7 Å². The largest absolute Gasteiger partial charge is 0.352 e. The van der Waals surface area contributed by atoms with Gasteiger partial charge in [0.05, 0.1) is 6.04 Å². The summed E-state index contributed by atoms with van der Waals surface area (Å²) in [5.41, 5.74) is 2.66. The first-order chi connectivity index (χ1) is 12.6. The summed E-state index contributed by atoms with van der Waals surface area (Å²) in [5, 5.41) is 3.09.